The summed E-state index contributed by atoms with van der Waals surface area (Å²) in [7, 11) is 0. The van der Waals surface area contributed by atoms with Crippen LogP contribution in [-0.4, -0.2) is 12.1 Å². The van der Waals surface area contributed by atoms with E-state index >= 15 is 0 Å². The molecule has 0 aliphatic heterocycles. The summed E-state index contributed by atoms with van der Waals surface area (Å²) in [5.74, 6) is 1.17. The number of ether oxygens (including phenoxy) is 1. The second-order valence-electron chi connectivity index (χ2n) is 6.90. The first kappa shape index (κ1) is 14.4. The van der Waals surface area contributed by atoms with Crippen LogP contribution < -0.4 is 0 Å². The van der Waals surface area contributed by atoms with E-state index in [4.69, 9.17) is 4.74 Å². The molecule has 2 aliphatic rings. The zero-order valence-electron chi connectivity index (χ0n) is 12.5. The molecule has 2 saturated carbocycles. The molecule has 3 atom stereocenters. The van der Waals surface area contributed by atoms with Gasteiger partial charge >= 0.3 is 5.97 Å². The Morgan fingerprint density at radius 3 is 2.42 bits per heavy atom. The van der Waals surface area contributed by atoms with Crippen LogP contribution in [0.2, 0.25) is 0 Å². The Hall–Kier alpha value is -1.05. The molecule has 106 valence electrons. The number of carbonyl (C=O) groups excluding carboxylic acids is 1. The summed E-state index contributed by atoms with van der Waals surface area (Å²) in [4.78, 5) is 11.2. The van der Waals surface area contributed by atoms with E-state index in [0.29, 0.717) is 17.3 Å². The van der Waals surface area contributed by atoms with E-state index in [2.05, 4.69) is 27.0 Å². The molecule has 2 nitrogen and oxygen atoms in total. The van der Waals surface area contributed by atoms with Gasteiger partial charge in [0.2, 0.25) is 0 Å². The molecule has 2 aliphatic carbocycles. The van der Waals surface area contributed by atoms with Crippen LogP contribution in [0.1, 0.15) is 52.9 Å². The second kappa shape index (κ2) is 5.15. The lowest BCUT2D eigenvalue weighted by Crippen LogP contribution is -2.44. The van der Waals surface area contributed by atoms with E-state index in [0.717, 1.165) is 31.3 Å². The standard InChI is InChI=1S/C17H26O2/c1-11-7-9-16(19-13(3)18)12(2)6-8-15-14(11)10-17(15,4)5/h14-16H,1-2,6-10H2,3-5H3/t14-,15-,16-/m0/s1. The Morgan fingerprint density at radius 2 is 1.84 bits per heavy atom. The zero-order valence-corrected chi connectivity index (χ0v) is 12.5. The summed E-state index contributed by atoms with van der Waals surface area (Å²) in [6.07, 6.45) is 5.05. The van der Waals surface area contributed by atoms with Crippen molar-refractivity contribution in [2.24, 2.45) is 17.3 Å². The monoisotopic (exact) mass is 262 g/mol. The van der Waals surface area contributed by atoms with Crippen LogP contribution in [0.4, 0.5) is 0 Å². The molecule has 0 aromatic rings. The Balaban J connectivity index is 2.09. The Morgan fingerprint density at radius 1 is 1.21 bits per heavy atom. The molecule has 0 spiro atoms. The van der Waals surface area contributed by atoms with Gasteiger partial charge in [-0.1, -0.05) is 32.6 Å². The van der Waals surface area contributed by atoms with Gasteiger partial charge in [0.1, 0.15) is 6.10 Å². The summed E-state index contributed by atoms with van der Waals surface area (Å²) in [5, 5.41) is 0. The van der Waals surface area contributed by atoms with Gasteiger partial charge in [0.05, 0.1) is 0 Å². The van der Waals surface area contributed by atoms with Crippen molar-refractivity contribution in [1.82, 2.24) is 0 Å². The molecular formula is C17H26O2. The van der Waals surface area contributed by atoms with Crippen LogP contribution in [0.25, 0.3) is 0 Å². The predicted molar refractivity (Wildman–Crippen MR) is 77.7 cm³/mol. The van der Waals surface area contributed by atoms with Gasteiger partial charge in [-0.3, -0.25) is 4.79 Å². The lowest BCUT2D eigenvalue weighted by Gasteiger charge is -2.53. The van der Waals surface area contributed by atoms with Crippen LogP contribution in [-0.2, 0) is 9.53 Å². The maximum absolute atomic E-state index is 11.2. The molecule has 0 aromatic heterocycles. The maximum Gasteiger partial charge on any atom is 0.303 e. The molecular weight excluding hydrogens is 236 g/mol. The largest absolute Gasteiger partial charge is 0.458 e. The van der Waals surface area contributed by atoms with Crippen molar-refractivity contribution in [2.75, 3.05) is 0 Å². The van der Waals surface area contributed by atoms with Crippen molar-refractivity contribution in [2.45, 2.75) is 59.0 Å². The molecule has 0 unspecified atom stereocenters. The van der Waals surface area contributed by atoms with Crippen LogP contribution in [0.15, 0.2) is 24.3 Å². The molecule has 0 saturated heterocycles. The topological polar surface area (TPSA) is 26.3 Å². The highest BCUT2D eigenvalue weighted by Gasteiger charge is 2.47. The number of hydrogen-bond donors (Lipinski definition) is 0. The molecule has 2 fully saturated rings. The third kappa shape index (κ3) is 2.93. The van der Waals surface area contributed by atoms with Gasteiger partial charge in [-0.05, 0) is 54.9 Å². The molecule has 0 bridgehead atoms. The van der Waals surface area contributed by atoms with Gasteiger partial charge in [-0.2, -0.15) is 0 Å². The number of fused-ring (bicyclic) bond motifs is 1. The van der Waals surface area contributed by atoms with Crippen molar-refractivity contribution >= 4 is 5.97 Å². The number of carbonyl (C=O) groups is 1. The van der Waals surface area contributed by atoms with E-state index in [1.165, 1.54) is 18.9 Å². The lowest BCUT2D eigenvalue weighted by molar-refractivity contribution is -0.144. The molecule has 0 N–H and O–H groups in total. The lowest BCUT2D eigenvalue weighted by atomic mass is 9.52. The summed E-state index contributed by atoms with van der Waals surface area (Å²) in [6.45, 7) is 14.6. The average molecular weight is 262 g/mol. The van der Waals surface area contributed by atoms with Crippen LogP contribution in [0, 0.1) is 17.3 Å². The fourth-order valence-electron chi connectivity index (χ4n) is 3.82. The Kier molecular flexibility index (Phi) is 3.89. The first-order valence-corrected chi connectivity index (χ1v) is 7.34. The smallest absolute Gasteiger partial charge is 0.303 e. The minimum atomic E-state index is -0.209. The third-order valence-electron chi connectivity index (χ3n) is 5.03. The average Bonchev–Trinajstić information content (AvgIpc) is 2.33. The molecule has 0 heterocycles. The maximum atomic E-state index is 11.2. The van der Waals surface area contributed by atoms with Crippen LogP contribution in [0.5, 0.6) is 0 Å². The minimum absolute atomic E-state index is 0.116. The van der Waals surface area contributed by atoms with Crippen molar-refractivity contribution in [3.8, 4) is 0 Å². The molecule has 0 amide bonds. The number of esters is 1. The van der Waals surface area contributed by atoms with Gasteiger partial charge in [0.15, 0.2) is 0 Å². The molecule has 19 heavy (non-hydrogen) atoms. The van der Waals surface area contributed by atoms with Gasteiger partial charge in [-0.25, -0.2) is 0 Å². The Bertz CT molecular complexity index is 405. The SMILES string of the molecule is C=C1CC[C@H]2[C@@H](CC2(C)C)C(=C)CC[C@@H]1OC(C)=O. The van der Waals surface area contributed by atoms with E-state index in [9.17, 15) is 4.79 Å². The van der Waals surface area contributed by atoms with E-state index in [1.807, 2.05) is 0 Å². The first-order valence-electron chi connectivity index (χ1n) is 7.34. The normalized spacial score (nSPS) is 34.4. The first-order chi connectivity index (χ1) is 8.81. The predicted octanol–water partition coefficient (Wildman–Crippen LogP) is 4.27. The minimum Gasteiger partial charge on any atom is -0.458 e. The van der Waals surface area contributed by atoms with Gasteiger partial charge < -0.3 is 4.74 Å². The van der Waals surface area contributed by atoms with Crippen molar-refractivity contribution in [3.63, 3.8) is 0 Å². The van der Waals surface area contributed by atoms with E-state index in [-0.39, 0.29) is 12.1 Å². The molecule has 0 aromatic carbocycles. The quantitative estimate of drug-likeness (QED) is 0.521. The molecule has 2 heteroatoms. The third-order valence-corrected chi connectivity index (χ3v) is 5.03. The zero-order chi connectivity index (χ0) is 14.2. The van der Waals surface area contributed by atoms with Crippen molar-refractivity contribution in [3.05, 3.63) is 24.3 Å². The van der Waals surface area contributed by atoms with Gasteiger partial charge in [-0.15, -0.1) is 0 Å². The molecule has 0 radical (unpaired) electrons. The van der Waals surface area contributed by atoms with E-state index in [1.54, 1.807) is 0 Å². The Labute approximate surface area is 116 Å². The summed E-state index contributed by atoms with van der Waals surface area (Å²) >= 11 is 0. The second-order valence-corrected chi connectivity index (χ2v) is 6.90. The highest BCUT2D eigenvalue weighted by Crippen LogP contribution is 2.56. The molecule has 2 rings (SSSR count). The summed E-state index contributed by atoms with van der Waals surface area (Å²) < 4.78 is 5.41. The highest BCUT2D eigenvalue weighted by molar-refractivity contribution is 5.66. The van der Waals surface area contributed by atoms with Crippen molar-refractivity contribution < 1.29 is 9.53 Å². The number of allylic oxidation sites excluding steroid dienone is 1. The van der Waals surface area contributed by atoms with Gasteiger partial charge in [0.25, 0.3) is 0 Å². The van der Waals surface area contributed by atoms with Crippen LogP contribution >= 0.6 is 0 Å². The fraction of sp³-hybridized carbons (Fsp3) is 0.706. The fourth-order valence-corrected chi connectivity index (χ4v) is 3.82. The van der Waals surface area contributed by atoms with Gasteiger partial charge in [0, 0.05) is 6.92 Å². The number of hydrogen-bond acceptors (Lipinski definition) is 2. The van der Waals surface area contributed by atoms with Crippen LogP contribution in [0.3, 0.4) is 0 Å². The van der Waals surface area contributed by atoms with E-state index < -0.39 is 0 Å². The summed E-state index contributed by atoms with van der Waals surface area (Å²) in [6, 6.07) is 0. The highest BCUT2D eigenvalue weighted by atomic mass is 16.5. The summed E-state index contributed by atoms with van der Waals surface area (Å²) in [5.41, 5.74) is 2.84. The number of rotatable bonds is 1. The van der Waals surface area contributed by atoms with Crippen molar-refractivity contribution in [1.29, 1.82) is 0 Å².